The molecule has 1 aliphatic rings. The fourth-order valence-corrected chi connectivity index (χ4v) is 4.91. The van der Waals surface area contributed by atoms with E-state index in [1.54, 1.807) is 11.6 Å². The fraction of sp³-hybridized carbons (Fsp3) is 0.214. The quantitative estimate of drug-likeness (QED) is 0.389. The average molecular weight is 469 g/mol. The van der Waals surface area contributed by atoms with Gasteiger partial charge in [0.2, 0.25) is 0 Å². The predicted molar refractivity (Wildman–Crippen MR) is 139 cm³/mol. The van der Waals surface area contributed by atoms with Crippen molar-refractivity contribution >= 4 is 16.6 Å². The normalized spacial score (nSPS) is 14.0. The van der Waals surface area contributed by atoms with Crippen molar-refractivity contribution in [3.05, 3.63) is 105 Å². The maximum absolute atomic E-state index is 13.6. The van der Waals surface area contributed by atoms with Crippen LogP contribution < -0.4 is 16.6 Å². The maximum Gasteiger partial charge on any atom is 0.331 e. The number of nitrogens with one attached hydrogen (secondary N) is 1. The summed E-state index contributed by atoms with van der Waals surface area (Å²) in [5.74, 6) is 1.51. The Kier molecular flexibility index (Phi) is 5.47. The van der Waals surface area contributed by atoms with Crippen LogP contribution in [0.1, 0.15) is 37.1 Å². The Bertz CT molecular complexity index is 1670. The van der Waals surface area contributed by atoms with Crippen LogP contribution in [-0.4, -0.2) is 13.7 Å². The molecule has 2 aromatic carbocycles. The lowest BCUT2D eigenvalue weighted by Crippen LogP contribution is -2.37. The van der Waals surface area contributed by atoms with Gasteiger partial charge in [0.1, 0.15) is 17.6 Å². The van der Waals surface area contributed by atoms with Crippen LogP contribution in [0.2, 0.25) is 0 Å². The number of benzene rings is 2. The molecule has 0 bridgehead atoms. The van der Waals surface area contributed by atoms with Gasteiger partial charge in [-0.1, -0.05) is 56.3 Å². The lowest BCUT2D eigenvalue weighted by Gasteiger charge is -2.29. The first kappa shape index (κ1) is 22.5. The third-order valence-corrected chi connectivity index (χ3v) is 6.42. The van der Waals surface area contributed by atoms with Crippen molar-refractivity contribution in [3.8, 4) is 16.9 Å². The highest BCUT2D eigenvalue weighted by atomic mass is 16.3. The van der Waals surface area contributed by atoms with Gasteiger partial charge < -0.3 is 14.3 Å². The monoisotopic (exact) mass is 468 g/mol. The highest BCUT2D eigenvalue weighted by molar-refractivity contribution is 5.99. The number of nitrogens with zero attached hydrogens (tertiary/aromatic N) is 3. The van der Waals surface area contributed by atoms with E-state index in [4.69, 9.17) is 4.42 Å². The van der Waals surface area contributed by atoms with E-state index in [9.17, 15) is 9.59 Å². The molecule has 7 nitrogen and oxygen atoms in total. The first-order valence-corrected chi connectivity index (χ1v) is 11.8. The molecule has 3 aromatic heterocycles. The highest BCUT2D eigenvalue weighted by Crippen LogP contribution is 2.45. The van der Waals surface area contributed by atoms with Crippen molar-refractivity contribution in [1.82, 2.24) is 13.7 Å². The summed E-state index contributed by atoms with van der Waals surface area (Å²) >= 11 is 0. The summed E-state index contributed by atoms with van der Waals surface area (Å²) < 4.78 is 10.9. The zero-order valence-electron chi connectivity index (χ0n) is 20.5. The second-order valence-corrected chi connectivity index (χ2v) is 8.41. The smallest absolute Gasteiger partial charge is 0.331 e. The molecule has 0 aliphatic carbocycles. The van der Waals surface area contributed by atoms with Crippen LogP contribution in [-0.2, 0) is 14.1 Å². The van der Waals surface area contributed by atoms with Gasteiger partial charge in [-0.05, 0) is 36.8 Å². The zero-order chi connectivity index (χ0) is 24.9. The second kappa shape index (κ2) is 8.51. The molecule has 6 rings (SSSR count). The van der Waals surface area contributed by atoms with E-state index < -0.39 is 0 Å². The van der Waals surface area contributed by atoms with E-state index >= 15 is 0 Å². The van der Waals surface area contributed by atoms with Gasteiger partial charge in [0.15, 0.2) is 0 Å². The lowest BCUT2D eigenvalue weighted by molar-refractivity contribution is 0.469. The number of aryl methyl sites for hydroxylation is 2. The van der Waals surface area contributed by atoms with Gasteiger partial charge in [-0.2, -0.15) is 0 Å². The molecular formula is C28H28N4O3. The van der Waals surface area contributed by atoms with Crippen LogP contribution in [0.15, 0.2) is 80.7 Å². The average Bonchev–Trinajstić information content (AvgIpc) is 3.49. The number of rotatable bonds is 2. The molecule has 35 heavy (non-hydrogen) atoms. The topological polar surface area (TPSA) is 74.1 Å². The third kappa shape index (κ3) is 3.26. The number of aromatic nitrogens is 3. The standard InChI is InChI=1S/C26H22N4O3.C2H6/c1-15-13-14-19(33-15)21-24-23-20(25(31)29(3)26(32)28(23)2)22(16-9-5-4-6-10-16)30(24)18-12-8-7-11-17(18)27-21;1-2/h4-14,21,27H,1-3H3;1-2H3. The van der Waals surface area contributed by atoms with Crippen LogP contribution in [0.4, 0.5) is 5.69 Å². The Labute approximate surface area is 202 Å². The molecule has 0 radical (unpaired) electrons. The van der Waals surface area contributed by atoms with Gasteiger partial charge in [-0.25, -0.2) is 4.79 Å². The number of hydrogen-bond acceptors (Lipinski definition) is 4. The zero-order valence-corrected chi connectivity index (χ0v) is 20.5. The second-order valence-electron chi connectivity index (χ2n) is 8.41. The molecule has 0 saturated carbocycles. The van der Waals surface area contributed by atoms with Crippen molar-refractivity contribution in [3.63, 3.8) is 0 Å². The van der Waals surface area contributed by atoms with Crippen LogP contribution in [0, 0.1) is 6.92 Å². The molecule has 0 spiro atoms. The number of anilines is 1. The summed E-state index contributed by atoms with van der Waals surface area (Å²) in [6, 6.07) is 21.3. The Morgan fingerprint density at radius 1 is 0.857 bits per heavy atom. The highest BCUT2D eigenvalue weighted by Gasteiger charge is 2.35. The van der Waals surface area contributed by atoms with Gasteiger partial charge >= 0.3 is 5.69 Å². The Hall–Kier alpha value is -4.26. The molecule has 0 fully saturated rings. The minimum absolute atomic E-state index is 0.319. The van der Waals surface area contributed by atoms with E-state index in [1.165, 1.54) is 11.6 Å². The van der Waals surface area contributed by atoms with Gasteiger partial charge in [0, 0.05) is 14.1 Å². The van der Waals surface area contributed by atoms with Crippen molar-refractivity contribution in [2.45, 2.75) is 26.8 Å². The molecule has 4 heterocycles. The van der Waals surface area contributed by atoms with E-state index in [1.807, 2.05) is 87.5 Å². The molecular weight excluding hydrogens is 440 g/mol. The Balaban J connectivity index is 0.00000124. The van der Waals surface area contributed by atoms with Gasteiger partial charge in [-0.3, -0.25) is 13.9 Å². The lowest BCUT2D eigenvalue weighted by atomic mass is 10.1. The van der Waals surface area contributed by atoms with Gasteiger partial charge in [0.25, 0.3) is 5.56 Å². The number of fused-ring (bicyclic) bond motifs is 5. The van der Waals surface area contributed by atoms with Crippen LogP contribution in [0.3, 0.4) is 0 Å². The number of furan rings is 1. The Morgan fingerprint density at radius 2 is 1.54 bits per heavy atom. The molecule has 0 saturated heterocycles. The first-order chi connectivity index (χ1) is 17.0. The van der Waals surface area contributed by atoms with E-state index in [0.29, 0.717) is 10.9 Å². The summed E-state index contributed by atoms with van der Waals surface area (Å²) in [6.07, 6.45) is 0. The maximum atomic E-state index is 13.6. The molecule has 1 aliphatic heterocycles. The van der Waals surface area contributed by atoms with E-state index in [0.717, 1.165) is 39.8 Å². The molecule has 5 aromatic rings. The first-order valence-electron chi connectivity index (χ1n) is 11.8. The predicted octanol–water partition coefficient (Wildman–Crippen LogP) is 5.14. The summed E-state index contributed by atoms with van der Waals surface area (Å²) in [5.41, 5.74) is 4.21. The Morgan fingerprint density at radius 3 is 2.23 bits per heavy atom. The number of para-hydroxylation sites is 2. The summed E-state index contributed by atoms with van der Waals surface area (Å²) in [7, 11) is 3.24. The van der Waals surface area contributed by atoms with Crippen LogP contribution in [0.25, 0.3) is 27.8 Å². The summed E-state index contributed by atoms with van der Waals surface area (Å²) in [6.45, 7) is 5.90. The van der Waals surface area contributed by atoms with Gasteiger partial charge in [0.05, 0.1) is 33.7 Å². The number of hydrogen-bond donors (Lipinski definition) is 1. The molecule has 1 unspecified atom stereocenters. The molecule has 0 amide bonds. The van der Waals surface area contributed by atoms with Crippen LogP contribution in [0.5, 0.6) is 0 Å². The molecule has 1 atom stereocenters. The van der Waals surface area contributed by atoms with Crippen molar-refractivity contribution in [2.24, 2.45) is 14.1 Å². The molecule has 178 valence electrons. The molecule has 1 N–H and O–H groups in total. The molecule has 7 heteroatoms. The minimum Gasteiger partial charge on any atom is -0.464 e. The van der Waals surface area contributed by atoms with Crippen molar-refractivity contribution in [1.29, 1.82) is 0 Å². The SMILES string of the molecule is CC.Cc1ccc(C2Nc3ccccc3-n3c(-c4ccccc4)c4c(=O)n(C)c(=O)n(C)c4c32)o1. The van der Waals surface area contributed by atoms with Crippen molar-refractivity contribution in [2.75, 3.05) is 5.32 Å². The van der Waals surface area contributed by atoms with Crippen LogP contribution >= 0.6 is 0 Å². The third-order valence-electron chi connectivity index (χ3n) is 6.42. The summed E-state index contributed by atoms with van der Waals surface area (Å²) in [4.78, 5) is 26.6. The largest absolute Gasteiger partial charge is 0.464 e. The minimum atomic E-state index is -0.383. The summed E-state index contributed by atoms with van der Waals surface area (Å²) in [5, 5.41) is 4.09. The van der Waals surface area contributed by atoms with Gasteiger partial charge in [-0.15, -0.1) is 0 Å². The van der Waals surface area contributed by atoms with E-state index in [-0.39, 0.29) is 17.3 Å². The van der Waals surface area contributed by atoms with E-state index in [2.05, 4.69) is 9.88 Å². The van der Waals surface area contributed by atoms with Crippen molar-refractivity contribution < 1.29 is 4.42 Å². The fourth-order valence-electron chi connectivity index (χ4n) is 4.91.